The molecule has 1 atom stereocenters. The predicted molar refractivity (Wildman–Crippen MR) is 132 cm³/mol. The number of aliphatic hydroxyl groups is 1. The van der Waals surface area contributed by atoms with Crippen LogP contribution in [0.3, 0.4) is 0 Å². The van der Waals surface area contributed by atoms with Gasteiger partial charge in [0.2, 0.25) is 5.88 Å². The summed E-state index contributed by atoms with van der Waals surface area (Å²) < 4.78 is 40.4. The first-order valence-corrected chi connectivity index (χ1v) is 12.2. The maximum atomic E-state index is 13.5. The summed E-state index contributed by atoms with van der Waals surface area (Å²) in [4.78, 5) is 2.14. The van der Waals surface area contributed by atoms with Crippen molar-refractivity contribution in [1.82, 2.24) is 14.7 Å². The van der Waals surface area contributed by atoms with E-state index in [4.69, 9.17) is 9.47 Å². The first-order valence-electron chi connectivity index (χ1n) is 12.2. The number of benzene rings is 2. The quantitative estimate of drug-likeness (QED) is 0.298. The summed E-state index contributed by atoms with van der Waals surface area (Å²) in [6, 6.07) is 11.8. The standard InChI is InChI=1S/C27H35F2N3O3/c1-4-6-16-34-19-24(33)17-31(15-5-2)18-26-20(3)30-32(23-11-7-21(28)8-12-23)27(26)35-25-13-9-22(29)10-14-25/h7-14,24,33H,4-6,15-19H2,1-3H3/t24-/m0/s1. The van der Waals surface area contributed by atoms with E-state index in [0.717, 1.165) is 37.1 Å². The molecule has 0 bridgehead atoms. The third-order valence-electron chi connectivity index (χ3n) is 5.58. The van der Waals surface area contributed by atoms with Crippen molar-refractivity contribution in [2.75, 3.05) is 26.3 Å². The van der Waals surface area contributed by atoms with E-state index in [1.807, 2.05) is 6.92 Å². The lowest BCUT2D eigenvalue weighted by Gasteiger charge is -2.25. The molecular weight excluding hydrogens is 452 g/mol. The van der Waals surface area contributed by atoms with Crippen LogP contribution in [0.5, 0.6) is 11.6 Å². The maximum absolute atomic E-state index is 13.5. The lowest BCUT2D eigenvalue weighted by Crippen LogP contribution is -2.35. The minimum absolute atomic E-state index is 0.285. The number of halogens is 2. The van der Waals surface area contributed by atoms with Crippen LogP contribution in [0, 0.1) is 18.6 Å². The zero-order valence-electron chi connectivity index (χ0n) is 20.7. The van der Waals surface area contributed by atoms with Crippen LogP contribution in [-0.2, 0) is 11.3 Å². The van der Waals surface area contributed by atoms with Crippen LogP contribution in [-0.4, -0.2) is 52.2 Å². The molecule has 1 aromatic heterocycles. The van der Waals surface area contributed by atoms with E-state index in [-0.39, 0.29) is 18.2 Å². The molecule has 0 radical (unpaired) electrons. The molecule has 190 valence electrons. The van der Waals surface area contributed by atoms with Crippen molar-refractivity contribution in [3.8, 4) is 17.3 Å². The van der Waals surface area contributed by atoms with E-state index in [1.165, 1.54) is 24.3 Å². The van der Waals surface area contributed by atoms with Crippen molar-refractivity contribution in [1.29, 1.82) is 0 Å². The van der Waals surface area contributed by atoms with E-state index < -0.39 is 6.10 Å². The van der Waals surface area contributed by atoms with Gasteiger partial charge in [-0.25, -0.2) is 13.5 Å². The molecule has 0 aliphatic rings. The van der Waals surface area contributed by atoms with Gasteiger partial charge < -0.3 is 14.6 Å². The molecule has 2 aromatic carbocycles. The molecule has 0 aliphatic heterocycles. The van der Waals surface area contributed by atoms with Gasteiger partial charge in [0.15, 0.2) is 0 Å². The molecule has 1 N–H and O–H groups in total. The summed E-state index contributed by atoms with van der Waals surface area (Å²) in [7, 11) is 0. The molecule has 0 aliphatic carbocycles. The van der Waals surface area contributed by atoms with E-state index in [1.54, 1.807) is 28.9 Å². The number of unbranched alkanes of at least 4 members (excludes halogenated alkanes) is 1. The number of hydrogen-bond donors (Lipinski definition) is 1. The largest absolute Gasteiger partial charge is 0.439 e. The third-order valence-corrected chi connectivity index (χ3v) is 5.58. The SMILES string of the molecule is CCCCOC[C@@H](O)CN(CCC)Cc1c(C)nn(-c2ccc(F)cc2)c1Oc1ccc(F)cc1. The number of rotatable bonds is 14. The van der Waals surface area contributed by atoms with E-state index in [9.17, 15) is 13.9 Å². The molecule has 35 heavy (non-hydrogen) atoms. The first-order chi connectivity index (χ1) is 16.9. The maximum Gasteiger partial charge on any atom is 0.227 e. The normalized spacial score (nSPS) is 12.3. The second-order valence-electron chi connectivity index (χ2n) is 8.63. The summed E-state index contributed by atoms with van der Waals surface area (Å²) in [6.45, 7) is 8.70. The Balaban J connectivity index is 1.88. The Morgan fingerprint density at radius 3 is 2.29 bits per heavy atom. The van der Waals surface area contributed by atoms with Gasteiger partial charge in [-0.2, -0.15) is 5.10 Å². The summed E-state index contributed by atoms with van der Waals surface area (Å²) in [5, 5.41) is 15.2. The molecule has 6 nitrogen and oxygen atoms in total. The van der Waals surface area contributed by atoms with Gasteiger partial charge in [0.05, 0.1) is 29.7 Å². The highest BCUT2D eigenvalue weighted by atomic mass is 19.1. The second-order valence-corrected chi connectivity index (χ2v) is 8.63. The van der Waals surface area contributed by atoms with Gasteiger partial charge in [-0.1, -0.05) is 20.3 Å². The fraction of sp³-hybridized carbons (Fsp3) is 0.444. The average molecular weight is 488 g/mol. The smallest absolute Gasteiger partial charge is 0.227 e. The number of aryl methyl sites for hydroxylation is 1. The van der Waals surface area contributed by atoms with E-state index in [0.29, 0.717) is 37.0 Å². The Morgan fingerprint density at radius 1 is 1.00 bits per heavy atom. The minimum Gasteiger partial charge on any atom is -0.439 e. The number of hydrogen-bond acceptors (Lipinski definition) is 5. The molecule has 0 saturated carbocycles. The molecule has 3 aromatic rings. The summed E-state index contributed by atoms with van der Waals surface area (Å²) in [5.74, 6) is 0.228. The molecule has 0 unspecified atom stereocenters. The fourth-order valence-corrected chi connectivity index (χ4v) is 3.79. The van der Waals surface area contributed by atoms with Gasteiger partial charge in [0.25, 0.3) is 0 Å². The van der Waals surface area contributed by atoms with Gasteiger partial charge in [0.1, 0.15) is 17.4 Å². The molecule has 8 heteroatoms. The summed E-state index contributed by atoms with van der Waals surface area (Å²) in [5.41, 5.74) is 2.23. The van der Waals surface area contributed by atoms with Crippen molar-refractivity contribution in [2.45, 2.75) is 52.7 Å². The Bertz CT molecular complexity index is 1040. The number of aliphatic hydroxyl groups excluding tert-OH is 1. The lowest BCUT2D eigenvalue weighted by molar-refractivity contribution is 0.0143. The Kier molecular flexibility index (Phi) is 10.2. The predicted octanol–water partition coefficient (Wildman–Crippen LogP) is 5.64. The van der Waals surface area contributed by atoms with Gasteiger partial charge in [-0.05, 0) is 74.8 Å². The zero-order valence-corrected chi connectivity index (χ0v) is 20.7. The summed E-state index contributed by atoms with van der Waals surface area (Å²) in [6.07, 6.45) is 2.30. The van der Waals surface area contributed by atoms with Crippen LogP contribution in [0.25, 0.3) is 5.69 Å². The van der Waals surface area contributed by atoms with Crippen molar-refractivity contribution in [2.24, 2.45) is 0 Å². The number of nitrogens with zero attached hydrogens (tertiary/aromatic N) is 3. The monoisotopic (exact) mass is 487 g/mol. The molecule has 0 amide bonds. The zero-order chi connectivity index (χ0) is 25.2. The average Bonchev–Trinajstić information content (AvgIpc) is 3.13. The van der Waals surface area contributed by atoms with E-state index >= 15 is 0 Å². The van der Waals surface area contributed by atoms with Crippen LogP contribution in [0.1, 0.15) is 44.4 Å². The Labute approximate surface area is 206 Å². The first kappa shape index (κ1) is 26.8. The van der Waals surface area contributed by atoms with Gasteiger partial charge in [-0.15, -0.1) is 0 Å². The fourth-order valence-electron chi connectivity index (χ4n) is 3.79. The van der Waals surface area contributed by atoms with Crippen LogP contribution < -0.4 is 4.74 Å². The van der Waals surface area contributed by atoms with Gasteiger partial charge >= 0.3 is 0 Å². The second kappa shape index (κ2) is 13.3. The van der Waals surface area contributed by atoms with Crippen molar-refractivity contribution in [3.05, 3.63) is 71.4 Å². The molecule has 0 fully saturated rings. The topological polar surface area (TPSA) is 59.8 Å². The highest BCUT2D eigenvalue weighted by Crippen LogP contribution is 2.32. The molecule has 3 rings (SSSR count). The van der Waals surface area contributed by atoms with Crippen LogP contribution in [0.4, 0.5) is 8.78 Å². The molecule has 0 saturated heterocycles. The van der Waals surface area contributed by atoms with Crippen LogP contribution >= 0.6 is 0 Å². The van der Waals surface area contributed by atoms with Crippen LogP contribution in [0.2, 0.25) is 0 Å². The lowest BCUT2D eigenvalue weighted by atomic mass is 10.2. The Hall–Kier alpha value is -2.81. The molecular formula is C27H35F2N3O3. The molecule has 1 heterocycles. The van der Waals surface area contributed by atoms with Crippen molar-refractivity contribution in [3.63, 3.8) is 0 Å². The highest BCUT2D eigenvalue weighted by Gasteiger charge is 2.22. The number of ether oxygens (including phenoxy) is 2. The third kappa shape index (κ3) is 7.85. The molecule has 0 spiro atoms. The van der Waals surface area contributed by atoms with Crippen LogP contribution in [0.15, 0.2) is 48.5 Å². The summed E-state index contributed by atoms with van der Waals surface area (Å²) >= 11 is 0. The minimum atomic E-state index is -0.618. The van der Waals surface area contributed by atoms with Crippen molar-refractivity contribution >= 4 is 0 Å². The number of aromatic nitrogens is 2. The van der Waals surface area contributed by atoms with Gasteiger partial charge in [-0.3, -0.25) is 4.90 Å². The van der Waals surface area contributed by atoms with Gasteiger partial charge in [0, 0.05) is 19.7 Å². The van der Waals surface area contributed by atoms with Crippen molar-refractivity contribution < 1.29 is 23.4 Å². The Morgan fingerprint density at radius 2 is 1.66 bits per heavy atom. The van der Waals surface area contributed by atoms with E-state index in [2.05, 4.69) is 23.8 Å². The highest BCUT2D eigenvalue weighted by molar-refractivity contribution is 5.43.